The molecular formula is C22H28ClN3O3S. The van der Waals surface area contributed by atoms with Crippen LogP contribution in [0.5, 0.6) is 0 Å². The molecule has 0 unspecified atom stereocenters. The van der Waals surface area contributed by atoms with E-state index in [9.17, 15) is 13.2 Å². The Morgan fingerprint density at radius 3 is 2.53 bits per heavy atom. The Bertz CT molecular complexity index is 1020. The third-order valence-corrected chi connectivity index (χ3v) is 7.98. The van der Waals surface area contributed by atoms with Crippen LogP contribution in [0, 0.1) is 11.8 Å². The van der Waals surface area contributed by atoms with Crippen molar-refractivity contribution in [1.82, 2.24) is 9.78 Å². The molecule has 6 nitrogen and oxygen atoms in total. The van der Waals surface area contributed by atoms with Crippen molar-refractivity contribution in [3.05, 3.63) is 40.5 Å². The number of anilines is 1. The summed E-state index contributed by atoms with van der Waals surface area (Å²) in [5.74, 6) is 0.953. The average molecular weight is 450 g/mol. The topological polar surface area (TPSA) is 81.1 Å². The lowest BCUT2D eigenvalue weighted by Crippen LogP contribution is -2.28. The molecule has 2 aromatic rings. The molecule has 0 spiro atoms. The van der Waals surface area contributed by atoms with Crippen LogP contribution in [0.15, 0.2) is 24.3 Å². The van der Waals surface area contributed by atoms with E-state index in [1.807, 2.05) is 12.1 Å². The molecule has 2 heterocycles. The second kappa shape index (κ2) is 8.71. The van der Waals surface area contributed by atoms with Crippen LogP contribution in [-0.4, -0.2) is 24.1 Å². The molecule has 2 aliphatic rings. The molecule has 0 radical (unpaired) electrons. The monoisotopic (exact) mass is 449 g/mol. The van der Waals surface area contributed by atoms with E-state index in [4.69, 9.17) is 11.6 Å². The summed E-state index contributed by atoms with van der Waals surface area (Å²) >= 11 is 6.00. The molecule has 4 rings (SSSR count). The Hall–Kier alpha value is -1.86. The lowest BCUT2D eigenvalue weighted by Gasteiger charge is -2.27. The van der Waals surface area contributed by atoms with Crippen molar-refractivity contribution in [3.63, 3.8) is 0 Å². The number of benzene rings is 1. The van der Waals surface area contributed by atoms with Crippen molar-refractivity contribution >= 4 is 33.2 Å². The first-order valence-electron chi connectivity index (χ1n) is 10.7. The van der Waals surface area contributed by atoms with Crippen LogP contribution in [0.25, 0.3) is 5.69 Å². The number of nitrogens with zero attached hydrogens (tertiary/aromatic N) is 2. The molecular weight excluding hydrogens is 422 g/mol. The number of halogens is 1. The predicted octanol–water partition coefficient (Wildman–Crippen LogP) is 4.89. The van der Waals surface area contributed by atoms with Gasteiger partial charge in [-0.25, -0.2) is 13.1 Å². The Morgan fingerprint density at radius 1 is 1.17 bits per heavy atom. The van der Waals surface area contributed by atoms with Crippen LogP contribution in [0.4, 0.5) is 5.82 Å². The molecule has 8 heteroatoms. The highest BCUT2D eigenvalue weighted by Gasteiger charge is 2.34. The van der Waals surface area contributed by atoms with Crippen LogP contribution in [0.2, 0.25) is 5.02 Å². The number of nitrogens with one attached hydrogen (secondary N) is 1. The number of unbranched alkanes of at least 4 members (excludes halogenated alkanes) is 1. The Morgan fingerprint density at radius 2 is 1.87 bits per heavy atom. The molecule has 0 bridgehead atoms. The predicted molar refractivity (Wildman–Crippen MR) is 119 cm³/mol. The molecule has 1 aromatic carbocycles. The van der Waals surface area contributed by atoms with E-state index >= 15 is 0 Å². The smallest absolute Gasteiger partial charge is 0.228 e. The third-order valence-electron chi connectivity index (χ3n) is 6.28. The van der Waals surface area contributed by atoms with E-state index in [2.05, 4.69) is 17.3 Å². The van der Waals surface area contributed by atoms with Crippen molar-refractivity contribution in [2.45, 2.75) is 63.4 Å². The fraction of sp³-hybridized carbons (Fsp3) is 0.545. The summed E-state index contributed by atoms with van der Waals surface area (Å²) in [7, 11) is -3.22. The summed E-state index contributed by atoms with van der Waals surface area (Å²) in [5, 5.41) is 8.15. The number of sulfone groups is 1. The number of hydrogen-bond donors (Lipinski definition) is 1. The van der Waals surface area contributed by atoms with E-state index < -0.39 is 9.84 Å². The molecule has 1 amide bonds. The molecule has 1 saturated carbocycles. The molecule has 162 valence electrons. The van der Waals surface area contributed by atoms with Gasteiger partial charge in [-0.1, -0.05) is 37.8 Å². The summed E-state index contributed by atoms with van der Waals surface area (Å²) < 4.78 is 25.9. The van der Waals surface area contributed by atoms with Crippen LogP contribution < -0.4 is 5.32 Å². The molecule has 1 N–H and O–H groups in total. The van der Waals surface area contributed by atoms with Crippen molar-refractivity contribution in [2.75, 3.05) is 5.32 Å². The van der Waals surface area contributed by atoms with Gasteiger partial charge in [0, 0.05) is 16.5 Å². The van der Waals surface area contributed by atoms with Crippen molar-refractivity contribution < 1.29 is 13.2 Å². The van der Waals surface area contributed by atoms with Crippen LogP contribution in [0.3, 0.4) is 0 Å². The van der Waals surface area contributed by atoms with Gasteiger partial charge >= 0.3 is 0 Å². The summed E-state index contributed by atoms with van der Waals surface area (Å²) in [6.45, 7) is 2.21. The minimum absolute atomic E-state index is 0.0360. The van der Waals surface area contributed by atoms with Gasteiger partial charge in [-0.3, -0.25) is 4.79 Å². The zero-order valence-electron chi connectivity index (χ0n) is 17.2. The number of aromatic nitrogens is 2. The van der Waals surface area contributed by atoms with E-state index in [0.29, 0.717) is 22.1 Å². The highest BCUT2D eigenvalue weighted by Crippen LogP contribution is 2.36. The van der Waals surface area contributed by atoms with E-state index in [0.717, 1.165) is 37.3 Å². The highest BCUT2D eigenvalue weighted by atomic mass is 35.5. The average Bonchev–Trinajstić information content (AvgIpc) is 3.19. The first-order chi connectivity index (χ1) is 14.4. The quantitative estimate of drug-likeness (QED) is 0.680. The van der Waals surface area contributed by atoms with Crippen LogP contribution in [-0.2, 0) is 26.1 Å². The number of carbonyl (C=O) groups excluding carboxylic acids is 1. The standard InChI is InChI=1S/C22H28ClN3O3S/c1-2-3-4-15-5-7-16(8-6-15)22(27)24-21-19-13-30(28,29)14-20(19)25-26(21)18-11-9-17(23)10-12-18/h9-12,15-16H,2-8,13-14H2,1H3,(H,24,27). The SMILES string of the molecule is CCCCC1CCC(C(=O)Nc2c3c(nn2-c2ccc(Cl)cc2)CS(=O)(=O)C3)CC1. The zero-order valence-corrected chi connectivity index (χ0v) is 18.8. The lowest BCUT2D eigenvalue weighted by atomic mass is 9.79. The maximum absolute atomic E-state index is 13.1. The summed E-state index contributed by atoms with van der Waals surface area (Å²) in [4.78, 5) is 13.1. The van der Waals surface area contributed by atoms with Gasteiger partial charge in [-0.05, 0) is 55.9 Å². The number of rotatable bonds is 6. The molecule has 30 heavy (non-hydrogen) atoms. The van der Waals surface area contributed by atoms with Gasteiger partial charge in [0.2, 0.25) is 5.91 Å². The Labute approximate surface area is 182 Å². The minimum atomic E-state index is -3.22. The molecule has 1 aromatic heterocycles. The maximum Gasteiger partial charge on any atom is 0.228 e. The Balaban J connectivity index is 1.54. The van der Waals surface area contributed by atoms with Crippen molar-refractivity contribution in [3.8, 4) is 5.69 Å². The second-order valence-corrected chi connectivity index (χ2v) is 11.0. The Kier molecular flexibility index (Phi) is 6.21. The summed E-state index contributed by atoms with van der Waals surface area (Å²) in [6.07, 6.45) is 7.65. The minimum Gasteiger partial charge on any atom is -0.310 e. The van der Waals surface area contributed by atoms with Gasteiger partial charge in [0.15, 0.2) is 9.84 Å². The summed E-state index contributed by atoms with van der Waals surface area (Å²) in [5.41, 5.74) is 1.86. The van der Waals surface area contributed by atoms with Crippen LogP contribution in [0.1, 0.15) is 63.1 Å². The van der Waals surface area contributed by atoms with Gasteiger partial charge in [0.1, 0.15) is 5.82 Å². The largest absolute Gasteiger partial charge is 0.310 e. The molecule has 0 saturated heterocycles. The zero-order chi connectivity index (χ0) is 21.3. The van der Waals surface area contributed by atoms with Crippen LogP contribution >= 0.6 is 11.6 Å². The van der Waals surface area contributed by atoms with Crippen molar-refractivity contribution in [2.24, 2.45) is 11.8 Å². The molecule has 1 aliphatic heterocycles. The lowest BCUT2D eigenvalue weighted by molar-refractivity contribution is -0.121. The number of hydrogen-bond acceptors (Lipinski definition) is 4. The first kappa shape index (κ1) is 21.4. The number of carbonyl (C=O) groups is 1. The maximum atomic E-state index is 13.1. The van der Waals surface area contributed by atoms with Gasteiger partial charge in [-0.15, -0.1) is 0 Å². The van der Waals surface area contributed by atoms with Gasteiger partial charge in [0.25, 0.3) is 0 Å². The molecule has 0 atom stereocenters. The third kappa shape index (κ3) is 4.57. The summed E-state index contributed by atoms with van der Waals surface area (Å²) in [6, 6.07) is 7.13. The molecule has 1 fully saturated rings. The van der Waals surface area contributed by atoms with Crippen molar-refractivity contribution in [1.29, 1.82) is 0 Å². The normalized spacial score (nSPS) is 22.6. The van der Waals surface area contributed by atoms with Gasteiger partial charge < -0.3 is 5.32 Å². The second-order valence-electron chi connectivity index (χ2n) is 8.54. The number of amides is 1. The van der Waals surface area contributed by atoms with E-state index in [1.54, 1.807) is 16.8 Å². The van der Waals surface area contributed by atoms with Gasteiger partial charge in [-0.2, -0.15) is 5.10 Å². The van der Waals surface area contributed by atoms with E-state index in [-0.39, 0.29) is 23.3 Å². The van der Waals surface area contributed by atoms with Gasteiger partial charge in [0.05, 0.1) is 22.9 Å². The highest BCUT2D eigenvalue weighted by molar-refractivity contribution is 7.90. The fourth-order valence-electron chi connectivity index (χ4n) is 4.56. The number of fused-ring (bicyclic) bond motifs is 1. The van der Waals surface area contributed by atoms with E-state index in [1.165, 1.54) is 19.3 Å². The molecule has 1 aliphatic carbocycles. The first-order valence-corrected chi connectivity index (χ1v) is 12.9. The fourth-order valence-corrected chi connectivity index (χ4v) is 6.18.